The quantitative estimate of drug-likeness (QED) is 0.663. The Morgan fingerprint density at radius 3 is 1.97 bits per heavy atom. The van der Waals surface area contributed by atoms with Crippen molar-refractivity contribution in [1.82, 2.24) is 10.2 Å². The van der Waals surface area contributed by atoms with E-state index in [4.69, 9.17) is 5.11 Å². The molecular weight excluding hydrogens is 405 g/mol. The van der Waals surface area contributed by atoms with Crippen LogP contribution < -0.4 is 10.1 Å². The summed E-state index contributed by atoms with van der Waals surface area (Å²) in [5.41, 5.74) is 1.40. The van der Waals surface area contributed by atoms with Crippen LogP contribution in [0, 0.1) is 0 Å². The summed E-state index contributed by atoms with van der Waals surface area (Å²) < 4.78 is 40.5. The topological polar surface area (TPSA) is 95.9 Å². The van der Waals surface area contributed by atoms with E-state index >= 15 is 0 Å². The first-order valence-electron chi connectivity index (χ1n) is 8.66. The number of carbonyl (C=O) groups excluding carboxylic acids is 3. The average molecular weight is 424 g/mol. The second-order valence-electron chi connectivity index (χ2n) is 6.21. The largest absolute Gasteiger partial charge is 0.573 e. The Hall–Kier alpha value is -3.40. The molecule has 0 saturated carbocycles. The lowest BCUT2D eigenvalue weighted by atomic mass is 10.0. The second-order valence-corrected chi connectivity index (χ2v) is 6.21. The number of ether oxygens (including phenoxy) is 1. The number of aliphatic hydroxyl groups is 1. The first kappa shape index (κ1) is 22.9. The Labute approximate surface area is 170 Å². The third-order valence-electron chi connectivity index (χ3n) is 4.22. The van der Waals surface area contributed by atoms with Crippen LogP contribution in [0.15, 0.2) is 48.5 Å². The van der Waals surface area contributed by atoms with Crippen molar-refractivity contribution in [2.75, 3.05) is 20.7 Å². The Morgan fingerprint density at radius 2 is 1.53 bits per heavy atom. The number of alkyl halides is 3. The van der Waals surface area contributed by atoms with Gasteiger partial charge in [-0.25, -0.2) is 0 Å². The van der Waals surface area contributed by atoms with Crippen LogP contribution in [0.4, 0.5) is 13.2 Å². The van der Waals surface area contributed by atoms with Gasteiger partial charge in [-0.3, -0.25) is 14.4 Å². The minimum absolute atomic E-state index is 0.179. The molecule has 0 aliphatic carbocycles. The van der Waals surface area contributed by atoms with Crippen molar-refractivity contribution in [2.45, 2.75) is 12.4 Å². The maximum Gasteiger partial charge on any atom is 0.573 e. The fourth-order valence-electron chi connectivity index (χ4n) is 2.74. The molecule has 2 aromatic carbocycles. The molecule has 0 radical (unpaired) electrons. The number of hydrogen-bond acceptors (Lipinski definition) is 5. The Morgan fingerprint density at radius 1 is 1.03 bits per heavy atom. The van der Waals surface area contributed by atoms with Crippen LogP contribution in [0.2, 0.25) is 0 Å². The van der Waals surface area contributed by atoms with E-state index in [1.54, 1.807) is 12.1 Å². The molecular formula is C20H19F3N2O5. The van der Waals surface area contributed by atoms with Gasteiger partial charge >= 0.3 is 6.36 Å². The Kier molecular flexibility index (Phi) is 7.17. The first-order chi connectivity index (χ1) is 14.1. The molecule has 7 nitrogen and oxygen atoms in total. The zero-order chi connectivity index (χ0) is 22.5. The molecule has 0 aromatic heterocycles. The van der Waals surface area contributed by atoms with Crippen LogP contribution in [0.25, 0.3) is 11.1 Å². The molecule has 10 heteroatoms. The number of likely N-dealkylation sites (N-methyl/N-ethyl adjacent to an activating group) is 2. The second kappa shape index (κ2) is 9.40. The Bertz CT molecular complexity index is 896. The number of nitrogens with zero attached hydrogens (tertiary/aromatic N) is 1. The smallest absolute Gasteiger partial charge is 0.406 e. The molecule has 1 unspecified atom stereocenters. The lowest BCUT2D eigenvalue weighted by molar-refractivity contribution is -0.274. The SMILES string of the molecule is CNC(=O)C(C(=O)CO)N(C)C(=O)c1ccc(-c2ccc(OC(F)(F)F)cc2)cc1. The number of rotatable bonds is 7. The van der Waals surface area contributed by atoms with Gasteiger partial charge in [0.1, 0.15) is 12.4 Å². The van der Waals surface area contributed by atoms with Gasteiger partial charge in [0.05, 0.1) is 0 Å². The molecule has 2 rings (SSSR count). The molecule has 0 bridgehead atoms. The number of halogens is 3. The summed E-state index contributed by atoms with van der Waals surface area (Å²) >= 11 is 0. The van der Waals surface area contributed by atoms with Crippen molar-refractivity contribution in [2.24, 2.45) is 0 Å². The van der Waals surface area contributed by atoms with Crippen molar-refractivity contribution in [3.8, 4) is 16.9 Å². The standard InChI is InChI=1S/C20H19F3N2O5/c1-24-18(28)17(16(27)11-26)25(2)19(29)14-5-3-12(4-6-14)13-7-9-15(10-8-13)30-20(21,22)23/h3-10,17,26H,11H2,1-2H3,(H,24,28). The van der Waals surface area contributed by atoms with Gasteiger partial charge in [0.25, 0.3) is 5.91 Å². The van der Waals surface area contributed by atoms with Crippen LogP contribution in [-0.2, 0) is 9.59 Å². The minimum atomic E-state index is -4.78. The van der Waals surface area contributed by atoms with Gasteiger partial charge in [-0.2, -0.15) is 0 Å². The monoisotopic (exact) mass is 424 g/mol. The number of nitrogens with one attached hydrogen (secondary N) is 1. The summed E-state index contributed by atoms with van der Waals surface area (Å²) in [7, 11) is 2.57. The van der Waals surface area contributed by atoms with Crippen molar-refractivity contribution < 1.29 is 37.4 Å². The maximum atomic E-state index is 12.6. The summed E-state index contributed by atoms with van der Waals surface area (Å²) in [6, 6.07) is 9.79. The highest BCUT2D eigenvalue weighted by atomic mass is 19.4. The highest BCUT2D eigenvalue weighted by Gasteiger charge is 2.33. The lowest BCUT2D eigenvalue weighted by Crippen LogP contribution is -2.52. The lowest BCUT2D eigenvalue weighted by Gasteiger charge is -2.25. The Balaban J connectivity index is 2.19. The molecule has 2 aromatic rings. The van der Waals surface area contributed by atoms with E-state index in [9.17, 15) is 27.6 Å². The average Bonchev–Trinajstić information content (AvgIpc) is 2.72. The van der Waals surface area contributed by atoms with Gasteiger partial charge in [-0.15, -0.1) is 13.2 Å². The van der Waals surface area contributed by atoms with Crippen LogP contribution >= 0.6 is 0 Å². The van der Waals surface area contributed by atoms with Gasteiger partial charge in [0.2, 0.25) is 5.91 Å². The van der Waals surface area contributed by atoms with E-state index in [-0.39, 0.29) is 11.3 Å². The normalized spacial score (nSPS) is 12.1. The molecule has 0 spiro atoms. The number of aliphatic hydroxyl groups excluding tert-OH is 1. The maximum absolute atomic E-state index is 12.6. The molecule has 0 heterocycles. The zero-order valence-electron chi connectivity index (χ0n) is 16.1. The van der Waals surface area contributed by atoms with E-state index in [0.29, 0.717) is 11.1 Å². The van der Waals surface area contributed by atoms with E-state index in [1.165, 1.54) is 50.5 Å². The fourth-order valence-corrected chi connectivity index (χ4v) is 2.74. The van der Waals surface area contributed by atoms with Crippen LogP contribution in [-0.4, -0.2) is 60.7 Å². The summed E-state index contributed by atoms with van der Waals surface area (Å²) in [5.74, 6) is -2.54. The van der Waals surface area contributed by atoms with Crippen LogP contribution in [0.1, 0.15) is 10.4 Å². The highest BCUT2D eigenvalue weighted by molar-refractivity contribution is 6.10. The van der Waals surface area contributed by atoms with Gasteiger partial charge in [-0.1, -0.05) is 24.3 Å². The third kappa shape index (κ3) is 5.57. The molecule has 0 aliphatic heterocycles. The third-order valence-corrected chi connectivity index (χ3v) is 4.22. The number of carbonyl (C=O) groups is 3. The molecule has 0 saturated heterocycles. The molecule has 160 valence electrons. The zero-order valence-corrected chi connectivity index (χ0v) is 16.1. The number of amides is 2. The van der Waals surface area contributed by atoms with Crippen molar-refractivity contribution in [3.63, 3.8) is 0 Å². The van der Waals surface area contributed by atoms with Crippen molar-refractivity contribution >= 4 is 17.6 Å². The summed E-state index contributed by atoms with van der Waals surface area (Å²) in [6.07, 6.45) is -4.78. The minimum Gasteiger partial charge on any atom is -0.406 e. The van der Waals surface area contributed by atoms with Gasteiger partial charge in [0, 0.05) is 19.7 Å². The van der Waals surface area contributed by atoms with Crippen LogP contribution in [0.3, 0.4) is 0 Å². The van der Waals surface area contributed by atoms with E-state index in [1.807, 2.05) is 0 Å². The summed E-state index contributed by atoms with van der Waals surface area (Å²) in [4.78, 5) is 37.4. The molecule has 30 heavy (non-hydrogen) atoms. The molecule has 0 aliphatic rings. The number of benzene rings is 2. The molecule has 1 atom stereocenters. The van der Waals surface area contributed by atoms with E-state index < -0.39 is 36.6 Å². The first-order valence-corrected chi connectivity index (χ1v) is 8.66. The number of hydrogen-bond donors (Lipinski definition) is 2. The van der Waals surface area contributed by atoms with Crippen LogP contribution in [0.5, 0.6) is 5.75 Å². The predicted molar refractivity (Wildman–Crippen MR) is 101 cm³/mol. The highest BCUT2D eigenvalue weighted by Crippen LogP contribution is 2.27. The number of Topliss-reactive ketones (excluding diaryl/α,β-unsaturated/α-hetero) is 1. The summed E-state index contributed by atoms with van der Waals surface area (Å²) in [6.45, 7) is -0.900. The predicted octanol–water partition coefficient (Wildman–Crippen LogP) is 2.00. The van der Waals surface area contributed by atoms with Gasteiger partial charge in [-0.05, 0) is 35.4 Å². The molecule has 2 amide bonds. The van der Waals surface area contributed by atoms with E-state index in [2.05, 4.69) is 10.1 Å². The van der Waals surface area contributed by atoms with Gasteiger partial charge in [0.15, 0.2) is 11.8 Å². The van der Waals surface area contributed by atoms with Crippen molar-refractivity contribution in [1.29, 1.82) is 0 Å². The van der Waals surface area contributed by atoms with E-state index in [0.717, 1.165) is 4.90 Å². The van der Waals surface area contributed by atoms with Crippen molar-refractivity contribution in [3.05, 3.63) is 54.1 Å². The summed E-state index contributed by atoms with van der Waals surface area (Å²) in [5, 5.41) is 11.3. The molecule has 0 fully saturated rings. The van der Waals surface area contributed by atoms with Gasteiger partial charge < -0.3 is 20.1 Å². The molecule has 2 N–H and O–H groups in total. The fraction of sp³-hybridized carbons (Fsp3) is 0.250. The number of ketones is 1.